The molecule has 0 atom stereocenters. The lowest BCUT2D eigenvalue weighted by Gasteiger charge is -2.01. The first-order chi connectivity index (χ1) is 5.77. The van der Waals surface area contributed by atoms with E-state index in [2.05, 4.69) is 12.2 Å². The molecule has 0 aliphatic heterocycles. The third-order valence-electron chi connectivity index (χ3n) is 2.82. The molecule has 0 unspecified atom stereocenters. The molecule has 0 heterocycles. The van der Waals surface area contributed by atoms with Crippen molar-refractivity contribution in [3.05, 3.63) is 46.1 Å². The predicted octanol–water partition coefficient (Wildman–Crippen LogP) is 2.08. The highest BCUT2D eigenvalue weighted by atomic mass is 16.1. The van der Waals surface area contributed by atoms with E-state index < -0.39 is 0 Å². The fraction of sp³-hybridized carbons (Fsp3) is 0.182. The zero-order valence-electron chi connectivity index (χ0n) is 6.85. The Labute approximate surface area is 70.8 Å². The monoisotopic (exact) mass is 156 g/mol. The summed E-state index contributed by atoms with van der Waals surface area (Å²) in [6.45, 7) is 1.92. The maximum absolute atomic E-state index is 11.3. The molecular formula is C11H8O. The molecule has 1 saturated carbocycles. The molecule has 0 saturated heterocycles. The molecule has 3 aliphatic rings. The Bertz CT molecular complexity index is 428. The zero-order chi connectivity index (χ0) is 8.29. The Balaban J connectivity index is 2.35. The van der Waals surface area contributed by atoms with Gasteiger partial charge in [0.1, 0.15) is 0 Å². The van der Waals surface area contributed by atoms with Crippen LogP contribution in [0.1, 0.15) is 13.3 Å². The summed E-state index contributed by atoms with van der Waals surface area (Å²) in [6, 6.07) is 0. The first kappa shape index (κ1) is 6.18. The Morgan fingerprint density at radius 3 is 2.75 bits per heavy atom. The second-order valence-electron chi connectivity index (χ2n) is 3.48. The summed E-state index contributed by atoms with van der Waals surface area (Å²) in [7, 11) is 0. The number of ketones is 1. The summed E-state index contributed by atoms with van der Waals surface area (Å²) < 4.78 is 0. The van der Waals surface area contributed by atoms with Crippen molar-refractivity contribution in [3.63, 3.8) is 0 Å². The molecule has 0 spiro atoms. The van der Waals surface area contributed by atoms with Gasteiger partial charge in [0.25, 0.3) is 0 Å². The molecule has 1 heteroatoms. The molecule has 1 fully saturated rings. The Morgan fingerprint density at radius 2 is 2.00 bits per heavy atom. The third-order valence-corrected chi connectivity index (χ3v) is 2.82. The second kappa shape index (κ2) is 1.69. The van der Waals surface area contributed by atoms with Gasteiger partial charge in [-0.15, -0.1) is 0 Å². The number of hydrogen-bond donors (Lipinski definition) is 0. The van der Waals surface area contributed by atoms with Gasteiger partial charge in [0.2, 0.25) is 0 Å². The summed E-state index contributed by atoms with van der Waals surface area (Å²) in [5, 5.41) is 0. The summed E-state index contributed by atoms with van der Waals surface area (Å²) in [5.41, 5.74) is 6.00. The fourth-order valence-electron chi connectivity index (χ4n) is 2.18. The van der Waals surface area contributed by atoms with Crippen LogP contribution in [0, 0.1) is 0 Å². The fourth-order valence-corrected chi connectivity index (χ4v) is 2.18. The minimum atomic E-state index is 0.193. The van der Waals surface area contributed by atoms with Crippen molar-refractivity contribution in [2.24, 2.45) is 0 Å². The van der Waals surface area contributed by atoms with Crippen LogP contribution in [0.25, 0.3) is 0 Å². The quantitative estimate of drug-likeness (QED) is 0.524. The lowest BCUT2D eigenvalue weighted by atomic mass is 10.0. The summed E-state index contributed by atoms with van der Waals surface area (Å²) in [5.74, 6) is 0.193. The van der Waals surface area contributed by atoms with Crippen molar-refractivity contribution < 1.29 is 4.79 Å². The molecule has 0 amide bonds. The molecule has 0 aromatic carbocycles. The smallest absolute Gasteiger partial charge is 0.182 e. The predicted molar refractivity (Wildman–Crippen MR) is 46.6 cm³/mol. The van der Waals surface area contributed by atoms with E-state index in [4.69, 9.17) is 0 Å². The van der Waals surface area contributed by atoms with Gasteiger partial charge in [0.15, 0.2) is 5.78 Å². The molecule has 12 heavy (non-hydrogen) atoms. The molecule has 0 radical (unpaired) electrons. The van der Waals surface area contributed by atoms with Crippen LogP contribution in [-0.4, -0.2) is 5.78 Å². The zero-order valence-corrected chi connectivity index (χ0v) is 6.85. The Hall–Kier alpha value is -1.37. The van der Waals surface area contributed by atoms with E-state index in [1.54, 1.807) is 6.08 Å². The normalized spacial score (nSPS) is 24.4. The summed E-state index contributed by atoms with van der Waals surface area (Å²) in [4.78, 5) is 11.3. The standard InChI is InChI=1S/C11H8O/c1-6-10(12)5-9-7-2-3-8(4-7)11(6)9/h2-3,5H,4H2,1H3. The van der Waals surface area contributed by atoms with Gasteiger partial charge in [-0.3, -0.25) is 4.79 Å². The molecule has 1 nitrogen and oxygen atoms in total. The SMILES string of the molecule is CC1=C2C3=CC=C(C3)C2=CC1=O. The maximum Gasteiger partial charge on any atom is 0.182 e. The minimum Gasteiger partial charge on any atom is -0.290 e. The largest absolute Gasteiger partial charge is 0.290 e. The summed E-state index contributed by atoms with van der Waals surface area (Å²) in [6.07, 6.45) is 7.07. The van der Waals surface area contributed by atoms with Crippen LogP contribution < -0.4 is 0 Å². The van der Waals surface area contributed by atoms with Crippen molar-refractivity contribution in [2.75, 3.05) is 0 Å². The first-order valence-corrected chi connectivity index (χ1v) is 4.15. The van der Waals surface area contributed by atoms with Crippen LogP contribution in [0.4, 0.5) is 0 Å². The third kappa shape index (κ3) is 0.502. The van der Waals surface area contributed by atoms with E-state index in [1.807, 2.05) is 6.92 Å². The van der Waals surface area contributed by atoms with E-state index >= 15 is 0 Å². The van der Waals surface area contributed by atoms with Crippen molar-refractivity contribution in [3.8, 4) is 0 Å². The number of carbonyl (C=O) groups excluding carboxylic acids is 1. The van der Waals surface area contributed by atoms with Crippen LogP contribution in [-0.2, 0) is 4.79 Å². The second-order valence-corrected chi connectivity index (χ2v) is 3.48. The van der Waals surface area contributed by atoms with Gasteiger partial charge in [-0.2, -0.15) is 0 Å². The average Bonchev–Trinajstić information content (AvgIpc) is 2.66. The lowest BCUT2D eigenvalue weighted by molar-refractivity contribution is -0.111. The first-order valence-electron chi connectivity index (χ1n) is 4.15. The van der Waals surface area contributed by atoms with Crippen molar-refractivity contribution in [1.29, 1.82) is 0 Å². The molecule has 58 valence electrons. The number of fused-ring (bicyclic) bond motifs is 5. The molecular weight excluding hydrogens is 148 g/mol. The Morgan fingerprint density at radius 1 is 1.25 bits per heavy atom. The maximum atomic E-state index is 11.3. The van der Waals surface area contributed by atoms with Crippen molar-refractivity contribution in [2.45, 2.75) is 13.3 Å². The van der Waals surface area contributed by atoms with Gasteiger partial charge in [-0.25, -0.2) is 0 Å². The molecule has 0 N–H and O–H groups in total. The molecule has 0 aromatic rings. The van der Waals surface area contributed by atoms with E-state index in [0.717, 1.165) is 12.0 Å². The van der Waals surface area contributed by atoms with Crippen LogP contribution in [0.2, 0.25) is 0 Å². The minimum absolute atomic E-state index is 0.193. The number of hydrogen-bond acceptors (Lipinski definition) is 1. The Kier molecular flexibility index (Phi) is 0.868. The highest BCUT2D eigenvalue weighted by molar-refractivity contribution is 6.11. The van der Waals surface area contributed by atoms with Gasteiger partial charge >= 0.3 is 0 Å². The van der Waals surface area contributed by atoms with Crippen LogP contribution in [0.5, 0.6) is 0 Å². The highest BCUT2D eigenvalue weighted by Crippen LogP contribution is 2.48. The van der Waals surface area contributed by atoms with Crippen LogP contribution in [0.3, 0.4) is 0 Å². The van der Waals surface area contributed by atoms with E-state index in [-0.39, 0.29) is 5.78 Å². The molecule has 3 aliphatic carbocycles. The van der Waals surface area contributed by atoms with E-state index in [9.17, 15) is 4.79 Å². The van der Waals surface area contributed by atoms with E-state index in [1.165, 1.54) is 22.3 Å². The van der Waals surface area contributed by atoms with Gasteiger partial charge < -0.3 is 0 Å². The van der Waals surface area contributed by atoms with E-state index in [0.29, 0.717) is 0 Å². The van der Waals surface area contributed by atoms with Gasteiger partial charge in [0, 0.05) is 5.57 Å². The molecule has 3 rings (SSSR count). The van der Waals surface area contributed by atoms with Crippen molar-refractivity contribution in [1.82, 2.24) is 0 Å². The molecule has 2 bridgehead atoms. The van der Waals surface area contributed by atoms with Crippen LogP contribution >= 0.6 is 0 Å². The van der Waals surface area contributed by atoms with Crippen molar-refractivity contribution >= 4 is 5.78 Å². The highest BCUT2D eigenvalue weighted by Gasteiger charge is 2.34. The number of rotatable bonds is 0. The van der Waals surface area contributed by atoms with Gasteiger partial charge in [-0.1, -0.05) is 12.2 Å². The lowest BCUT2D eigenvalue weighted by Crippen LogP contribution is -1.91. The van der Waals surface area contributed by atoms with Crippen LogP contribution in [0.15, 0.2) is 46.1 Å². The average molecular weight is 156 g/mol. The van der Waals surface area contributed by atoms with Gasteiger partial charge in [0.05, 0.1) is 0 Å². The molecule has 0 aromatic heterocycles. The number of carbonyl (C=O) groups is 1. The van der Waals surface area contributed by atoms with Gasteiger partial charge in [-0.05, 0) is 41.7 Å². The number of allylic oxidation sites excluding steroid dienone is 8. The topological polar surface area (TPSA) is 17.1 Å². The summed E-state index contributed by atoms with van der Waals surface area (Å²) >= 11 is 0.